The van der Waals surface area contributed by atoms with Crippen molar-refractivity contribution in [3.8, 4) is 0 Å². The van der Waals surface area contributed by atoms with Crippen LogP contribution in [0.2, 0.25) is 0 Å². The Kier molecular flexibility index (Phi) is 5.52. The van der Waals surface area contributed by atoms with Gasteiger partial charge in [-0.1, -0.05) is 6.07 Å². The molecular weight excluding hydrogens is 378 g/mol. The van der Waals surface area contributed by atoms with Crippen LogP contribution in [0.3, 0.4) is 0 Å². The smallest absolute Gasteiger partial charge is 0.240 e. The Balaban J connectivity index is 1.64. The summed E-state index contributed by atoms with van der Waals surface area (Å²) < 4.78 is 5.38. The van der Waals surface area contributed by atoms with E-state index < -0.39 is 17.7 Å². The van der Waals surface area contributed by atoms with Gasteiger partial charge in [0, 0.05) is 18.0 Å². The summed E-state index contributed by atoms with van der Waals surface area (Å²) in [5, 5.41) is 14.6. The summed E-state index contributed by atoms with van der Waals surface area (Å²) in [4.78, 5) is 33.2. The lowest BCUT2D eigenvalue weighted by molar-refractivity contribution is -0.907. The van der Waals surface area contributed by atoms with Crippen LogP contribution >= 0.6 is 11.3 Å². The lowest BCUT2D eigenvalue weighted by atomic mass is 9.96. The van der Waals surface area contributed by atoms with E-state index in [0.29, 0.717) is 31.2 Å². The van der Waals surface area contributed by atoms with Gasteiger partial charge in [0.1, 0.15) is 13.1 Å². The van der Waals surface area contributed by atoms with Gasteiger partial charge in [0.2, 0.25) is 11.7 Å². The second-order valence-corrected chi connectivity index (χ2v) is 7.79. The third-order valence-electron chi connectivity index (χ3n) is 5.20. The molecule has 1 atom stereocenters. The van der Waals surface area contributed by atoms with Crippen molar-refractivity contribution in [3.63, 3.8) is 0 Å². The molecule has 4 rings (SSSR count). The first-order valence-electron chi connectivity index (χ1n) is 9.28. The minimum absolute atomic E-state index is 0.0376. The van der Waals surface area contributed by atoms with Crippen molar-refractivity contribution in [1.29, 1.82) is 0 Å². The number of rotatable bonds is 6. The first-order valence-corrected chi connectivity index (χ1v) is 10.2. The summed E-state index contributed by atoms with van der Waals surface area (Å²) in [5.74, 6) is -1.66. The number of carbonyl (C=O) groups excluding carboxylic acids is 2. The van der Waals surface area contributed by atoms with E-state index in [9.17, 15) is 14.7 Å². The molecule has 0 aromatic carbocycles. The number of ketones is 1. The molecule has 0 saturated carbocycles. The third kappa shape index (κ3) is 3.58. The normalized spacial score (nSPS) is 20.8. The first-order chi connectivity index (χ1) is 13.7. The molecule has 1 N–H and O–H groups in total. The molecule has 8 heteroatoms. The van der Waals surface area contributed by atoms with E-state index in [2.05, 4.69) is 4.98 Å². The molecule has 2 aliphatic rings. The van der Waals surface area contributed by atoms with E-state index in [1.54, 1.807) is 46.9 Å². The highest BCUT2D eigenvalue weighted by Crippen LogP contribution is 2.38. The number of carbonyl (C=O) groups is 2. The van der Waals surface area contributed by atoms with Crippen molar-refractivity contribution in [1.82, 2.24) is 9.88 Å². The van der Waals surface area contributed by atoms with E-state index in [0.717, 1.165) is 18.7 Å². The lowest BCUT2D eigenvalue weighted by Gasteiger charge is -2.30. The molecule has 4 heterocycles. The fourth-order valence-corrected chi connectivity index (χ4v) is 4.40. The summed E-state index contributed by atoms with van der Waals surface area (Å²) in [6.45, 7) is 4.27. The molecule has 0 radical (unpaired) electrons. The number of quaternary nitrogens is 1. The van der Waals surface area contributed by atoms with Gasteiger partial charge >= 0.3 is 0 Å². The number of hydrogen-bond acceptors (Lipinski definition) is 6. The summed E-state index contributed by atoms with van der Waals surface area (Å²) in [5.41, 5.74) is 0.765. The maximum absolute atomic E-state index is 13.0. The van der Waals surface area contributed by atoms with Crippen LogP contribution in [0.15, 0.2) is 53.4 Å². The second-order valence-electron chi connectivity index (χ2n) is 6.84. The van der Waals surface area contributed by atoms with Crippen LogP contribution in [0, 0.1) is 0 Å². The number of ether oxygens (including phenoxy) is 1. The molecule has 0 bridgehead atoms. The van der Waals surface area contributed by atoms with Gasteiger partial charge in [0.25, 0.3) is 0 Å². The number of aromatic nitrogens is 1. The van der Waals surface area contributed by atoms with E-state index in [-0.39, 0.29) is 11.4 Å². The number of thiophene rings is 1. The second kappa shape index (κ2) is 8.22. The average Bonchev–Trinajstić information content (AvgIpc) is 3.36. The van der Waals surface area contributed by atoms with Gasteiger partial charge in [-0.25, -0.2) is 0 Å². The maximum Gasteiger partial charge on any atom is 0.240 e. The van der Waals surface area contributed by atoms with Crippen molar-refractivity contribution in [2.45, 2.75) is 6.04 Å². The van der Waals surface area contributed by atoms with Gasteiger partial charge in [-0.05, 0) is 34.9 Å². The van der Waals surface area contributed by atoms with E-state index in [4.69, 9.17) is 4.74 Å². The van der Waals surface area contributed by atoms with Crippen molar-refractivity contribution >= 4 is 23.0 Å². The Hall–Kier alpha value is -2.55. The molecule has 2 aliphatic heterocycles. The summed E-state index contributed by atoms with van der Waals surface area (Å²) >= 11 is 1.27. The van der Waals surface area contributed by atoms with Crippen molar-refractivity contribution in [2.75, 3.05) is 39.4 Å². The Labute approximate surface area is 166 Å². The molecule has 0 aliphatic carbocycles. The van der Waals surface area contributed by atoms with Crippen LogP contribution in [-0.4, -0.2) is 61.0 Å². The molecule has 2 aromatic rings. The summed E-state index contributed by atoms with van der Waals surface area (Å²) in [6, 6.07) is 6.29. The molecular formula is C20H21N3O4S. The van der Waals surface area contributed by atoms with E-state index in [1.807, 2.05) is 0 Å². The van der Waals surface area contributed by atoms with Gasteiger partial charge in [-0.2, -0.15) is 0 Å². The molecule has 146 valence electrons. The van der Waals surface area contributed by atoms with Crippen molar-refractivity contribution in [2.24, 2.45) is 0 Å². The van der Waals surface area contributed by atoms with Gasteiger partial charge in [0.15, 0.2) is 0 Å². The SMILES string of the molecule is O=C(C1=C([O-])C(=O)N(CC[NH+]2CCOCC2)C1c1ccncc1)c1cccs1. The highest BCUT2D eigenvalue weighted by Gasteiger charge is 2.40. The summed E-state index contributed by atoms with van der Waals surface area (Å²) in [6.07, 6.45) is 3.22. The minimum atomic E-state index is -0.697. The Morgan fingerprint density at radius 1 is 1.29 bits per heavy atom. The van der Waals surface area contributed by atoms with Gasteiger partial charge in [-0.3, -0.25) is 14.6 Å². The van der Waals surface area contributed by atoms with Crippen LogP contribution in [-0.2, 0) is 9.53 Å². The first kappa shape index (κ1) is 18.8. The highest BCUT2D eigenvalue weighted by atomic mass is 32.1. The van der Waals surface area contributed by atoms with Crippen LogP contribution < -0.4 is 10.0 Å². The fourth-order valence-electron chi connectivity index (χ4n) is 3.72. The van der Waals surface area contributed by atoms with Crippen LogP contribution in [0.4, 0.5) is 0 Å². The predicted octanol–water partition coefficient (Wildman–Crippen LogP) is -0.561. The van der Waals surface area contributed by atoms with Gasteiger partial charge in [0.05, 0.1) is 37.2 Å². The Bertz CT molecular complexity index is 876. The number of morpholine rings is 1. The Morgan fingerprint density at radius 2 is 2.04 bits per heavy atom. The average molecular weight is 399 g/mol. The van der Waals surface area contributed by atoms with Crippen LogP contribution in [0.1, 0.15) is 21.3 Å². The molecule has 1 fully saturated rings. The van der Waals surface area contributed by atoms with Crippen molar-refractivity contribution in [3.05, 3.63) is 63.8 Å². The van der Waals surface area contributed by atoms with Crippen LogP contribution in [0.5, 0.6) is 0 Å². The van der Waals surface area contributed by atoms with Gasteiger partial charge in [-0.15, -0.1) is 11.3 Å². The largest absolute Gasteiger partial charge is 0.868 e. The minimum Gasteiger partial charge on any atom is -0.868 e. The highest BCUT2D eigenvalue weighted by molar-refractivity contribution is 7.12. The number of nitrogens with zero attached hydrogens (tertiary/aromatic N) is 2. The van der Waals surface area contributed by atoms with E-state index in [1.165, 1.54) is 16.2 Å². The molecule has 28 heavy (non-hydrogen) atoms. The fraction of sp³-hybridized carbons (Fsp3) is 0.350. The number of nitrogens with one attached hydrogen (secondary N) is 1. The molecule has 1 saturated heterocycles. The zero-order valence-electron chi connectivity index (χ0n) is 15.3. The van der Waals surface area contributed by atoms with E-state index >= 15 is 0 Å². The molecule has 7 nitrogen and oxygen atoms in total. The zero-order valence-corrected chi connectivity index (χ0v) is 16.1. The third-order valence-corrected chi connectivity index (χ3v) is 6.07. The molecule has 0 spiro atoms. The van der Waals surface area contributed by atoms with Crippen LogP contribution in [0.25, 0.3) is 0 Å². The number of amides is 1. The standard InChI is InChI=1S/C20H21N3O4S/c24-18(15-2-1-13-28-15)16-17(14-3-5-21-6-4-14)23(20(26)19(16)25)8-7-22-9-11-27-12-10-22/h1-6,13,17,25H,7-12H2. The predicted molar refractivity (Wildman–Crippen MR) is 101 cm³/mol. The number of pyridine rings is 1. The topological polar surface area (TPSA) is 87.0 Å². The Morgan fingerprint density at radius 3 is 2.71 bits per heavy atom. The number of hydrogen-bond donors (Lipinski definition) is 1. The van der Waals surface area contributed by atoms with Crippen molar-refractivity contribution < 1.29 is 24.3 Å². The lowest BCUT2D eigenvalue weighted by Crippen LogP contribution is -3.14. The quantitative estimate of drug-likeness (QED) is 0.658. The molecule has 1 amide bonds. The zero-order chi connectivity index (χ0) is 19.5. The summed E-state index contributed by atoms with van der Waals surface area (Å²) in [7, 11) is 0. The molecule has 2 aromatic heterocycles. The van der Waals surface area contributed by atoms with Gasteiger partial charge < -0.3 is 19.6 Å². The molecule has 1 unspecified atom stereocenters. The maximum atomic E-state index is 13.0. The monoisotopic (exact) mass is 399 g/mol. The number of Topliss-reactive ketones (excluding diaryl/α,β-unsaturated/α-hetero) is 1.